The molecule has 132 valence electrons. The number of rotatable bonds is 4. The van der Waals surface area contributed by atoms with Gasteiger partial charge in [-0.05, 0) is 47.9 Å². The highest BCUT2D eigenvalue weighted by Crippen LogP contribution is 2.28. The molecule has 1 aromatic carbocycles. The minimum absolute atomic E-state index is 0.212. The number of H-pyrrole nitrogens is 1. The highest BCUT2D eigenvalue weighted by molar-refractivity contribution is 6.30. The van der Waals surface area contributed by atoms with Gasteiger partial charge in [-0.2, -0.15) is 0 Å². The molecule has 0 spiro atoms. The van der Waals surface area contributed by atoms with E-state index in [0.29, 0.717) is 11.8 Å². The Labute approximate surface area is 153 Å². The fourth-order valence-corrected chi connectivity index (χ4v) is 3.23. The first kappa shape index (κ1) is 18.0. The van der Waals surface area contributed by atoms with Gasteiger partial charge in [-0.15, -0.1) is 0 Å². The van der Waals surface area contributed by atoms with Crippen LogP contribution in [0.3, 0.4) is 0 Å². The Hall–Kier alpha value is -1.84. The van der Waals surface area contributed by atoms with E-state index in [0.717, 1.165) is 42.9 Å². The first-order valence-electron chi connectivity index (χ1n) is 8.83. The number of nitrogens with one attached hydrogen (secondary N) is 1. The fraction of sp³-hybridized carbons (Fsp3) is 0.381. The van der Waals surface area contributed by atoms with Gasteiger partial charge in [0.2, 0.25) is 0 Å². The number of pyridine rings is 1. The minimum Gasteiger partial charge on any atom is -0.381 e. The predicted octanol–water partition coefficient (Wildman–Crippen LogP) is 5.01. The molecule has 1 saturated heterocycles. The number of allylic oxidation sites excluding steroid dienone is 1. The molecule has 0 aliphatic carbocycles. The number of hydrogen-bond acceptors (Lipinski definition) is 2. The largest absolute Gasteiger partial charge is 0.381 e. The topological polar surface area (TPSA) is 42.1 Å². The van der Waals surface area contributed by atoms with Crippen molar-refractivity contribution in [2.75, 3.05) is 13.2 Å². The van der Waals surface area contributed by atoms with Gasteiger partial charge < -0.3 is 9.72 Å². The second kappa shape index (κ2) is 8.03. The maximum absolute atomic E-state index is 12.0. The van der Waals surface area contributed by atoms with Gasteiger partial charge in [0.1, 0.15) is 5.02 Å². The molecular formula is C21H24ClNO2. The van der Waals surface area contributed by atoms with Crippen molar-refractivity contribution in [1.82, 2.24) is 4.98 Å². The van der Waals surface area contributed by atoms with Crippen molar-refractivity contribution in [3.8, 4) is 0 Å². The zero-order valence-electron chi connectivity index (χ0n) is 14.7. The Kier molecular flexibility index (Phi) is 5.77. The van der Waals surface area contributed by atoms with Crippen molar-refractivity contribution in [3.63, 3.8) is 0 Å². The van der Waals surface area contributed by atoms with Crippen LogP contribution in [0, 0.1) is 5.92 Å². The molecule has 1 N–H and O–H groups in total. The molecule has 0 radical (unpaired) electrons. The third-order valence-corrected chi connectivity index (χ3v) is 5.01. The van der Waals surface area contributed by atoms with E-state index in [1.54, 1.807) is 6.07 Å². The number of benzene rings is 1. The van der Waals surface area contributed by atoms with Crippen LogP contribution in [0.4, 0.5) is 0 Å². The molecule has 2 heterocycles. The van der Waals surface area contributed by atoms with Gasteiger partial charge in [0.05, 0.1) is 0 Å². The lowest BCUT2D eigenvalue weighted by Gasteiger charge is -2.21. The molecule has 0 saturated carbocycles. The number of hydrogen-bond donors (Lipinski definition) is 1. The van der Waals surface area contributed by atoms with Crippen LogP contribution < -0.4 is 5.56 Å². The smallest absolute Gasteiger partial charge is 0.267 e. The zero-order chi connectivity index (χ0) is 17.8. The third kappa shape index (κ3) is 4.42. The van der Waals surface area contributed by atoms with Gasteiger partial charge in [0.25, 0.3) is 5.56 Å². The van der Waals surface area contributed by atoms with Gasteiger partial charge >= 0.3 is 0 Å². The van der Waals surface area contributed by atoms with E-state index in [4.69, 9.17) is 16.3 Å². The lowest BCUT2D eigenvalue weighted by molar-refractivity contribution is 0.0786. The molecule has 1 aliphatic rings. The molecule has 1 fully saturated rings. The van der Waals surface area contributed by atoms with Crippen molar-refractivity contribution in [1.29, 1.82) is 0 Å². The van der Waals surface area contributed by atoms with Gasteiger partial charge in [0.15, 0.2) is 0 Å². The maximum atomic E-state index is 12.0. The summed E-state index contributed by atoms with van der Waals surface area (Å²) in [4.78, 5) is 14.9. The molecule has 25 heavy (non-hydrogen) atoms. The van der Waals surface area contributed by atoms with Crippen molar-refractivity contribution in [3.05, 3.63) is 74.7 Å². The predicted molar refractivity (Wildman–Crippen MR) is 103 cm³/mol. The SMILES string of the molecule is CC(C)c1ccc(/C(=C\C2CCOCC2)c2ccc(Cl)c(=O)[nH]2)cc1. The van der Waals surface area contributed by atoms with E-state index >= 15 is 0 Å². The normalized spacial score (nSPS) is 16.4. The molecule has 4 heteroatoms. The second-order valence-electron chi connectivity index (χ2n) is 6.86. The Morgan fingerprint density at radius 1 is 1.16 bits per heavy atom. The average molecular weight is 358 g/mol. The van der Waals surface area contributed by atoms with Crippen LogP contribution in [-0.2, 0) is 4.74 Å². The lowest BCUT2D eigenvalue weighted by atomic mass is 9.91. The second-order valence-corrected chi connectivity index (χ2v) is 7.26. The van der Waals surface area contributed by atoms with E-state index in [1.807, 2.05) is 6.07 Å². The molecule has 0 atom stereocenters. The zero-order valence-corrected chi connectivity index (χ0v) is 15.5. The number of aromatic amines is 1. The quantitative estimate of drug-likeness (QED) is 0.835. The summed E-state index contributed by atoms with van der Waals surface area (Å²) in [5, 5.41) is 0.212. The molecule has 3 nitrogen and oxygen atoms in total. The summed E-state index contributed by atoms with van der Waals surface area (Å²) in [5.74, 6) is 0.944. The van der Waals surface area contributed by atoms with E-state index < -0.39 is 0 Å². The third-order valence-electron chi connectivity index (χ3n) is 4.71. The maximum Gasteiger partial charge on any atom is 0.267 e. The Morgan fingerprint density at radius 2 is 1.84 bits per heavy atom. The molecule has 1 aliphatic heterocycles. The van der Waals surface area contributed by atoms with Crippen LogP contribution in [0.1, 0.15) is 49.4 Å². The molecular weight excluding hydrogens is 334 g/mol. The summed E-state index contributed by atoms with van der Waals surface area (Å²) in [6.45, 7) is 5.95. The molecule has 3 rings (SSSR count). The highest BCUT2D eigenvalue weighted by Gasteiger charge is 2.15. The Morgan fingerprint density at radius 3 is 2.44 bits per heavy atom. The van der Waals surface area contributed by atoms with Gasteiger partial charge in [-0.1, -0.05) is 55.8 Å². The van der Waals surface area contributed by atoms with Crippen LogP contribution in [0.2, 0.25) is 5.02 Å². The number of ether oxygens (including phenoxy) is 1. The summed E-state index contributed by atoms with van der Waals surface area (Å²) >= 11 is 5.90. The van der Waals surface area contributed by atoms with Crippen molar-refractivity contribution < 1.29 is 4.74 Å². The Bertz CT molecular complexity index is 799. The molecule has 1 aromatic heterocycles. The van der Waals surface area contributed by atoms with Crippen LogP contribution in [-0.4, -0.2) is 18.2 Å². The van der Waals surface area contributed by atoms with Crippen LogP contribution in [0.15, 0.2) is 47.3 Å². The summed E-state index contributed by atoms with van der Waals surface area (Å²) in [6, 6.07) is 12.1. The summed E-state index contributed by atoms with van der Waals surface area (Å²) in [5.41, 5.74) is 4.01. The molecule has 2 aromatic rings. The van der Waals surface area contributed by atoms with Crippen LogP contribution in [0.25, 0.3) is 5.57 Å². The van der Waals surface area contributed by atoms with Crippen molar-refractivity contribution >= 4 is 17.2 Å². The fourth-order valence-electron chi connectivity index (χ4n) is 3.12. The van der Waals surface area contributed by atoms with Crippen LogP contribution in [0.5, 0.6) is 0 Å². The van der Waals surface area contributed by atoms with Gasteiger partial charge in [-0.3, -0.25) is 4.79 Å². The van der Waals surface area contributed by atoms with Gasteiger partial charge in [-0.25, -0.2) is 0 Å². The van der Waals surface area contributed by atoms with Gasteiger partial charge in [0, 0.05) is 24.5 Å². The summed E-state index contributed by atoms with van der Waals surface area (Å²) in [7, 11) is 0. The van der Waals surface area contributed by atoms with E-state index in [1.165, 1.54) is 5.56 Å². The summed E-state index contributed by atoms with van der Waals surface area (Å²) < 4.78 is 5.47. The first-order valence-corrected chi connectivity index (χ1v) is 9.21. The Balaban J connectivity index is 2.02. The van der Waals surface area contributed by atoms with E-state index in [9.17, 15) is 4.79 Å². The highest BCUT2D eigenvalue weighted by atomic mass is 35.5. The summed E-state index contributed by atoms with van der Waals surface area (Å²) in [6.07, 6.45) is 4.28. The van der Waals surface area contributed by atoms with Crippen molar-refractivity contribution in [2.24, 2.45) is 5.92 Å². The monoisotopic (exact) mass is 357 g/mol. The average Bonchev–Trinajstić information content (AvgIpc) is 2.63. The van der Waals surface area contributed by atoms with Crippen LogP contribution >= 0.6 is 11.6 Å². The standard InChI is InChI=1S/C21H24ClNO2/c1-14(2)16-3-5-17(6-4-16)18(13-15-9-11-25-12-10-15)20-8-7-19(22)21(24)23-20/h3-8,13-15H,9-12H2,1-2H3,(H,23,24)/b18-13+. The molecule has 0 unspecified atom stereocenters. The molecule has 0 amide bonds. The number of halogens is 1. The number of aromatic nitrogens is 1. The minimum atomic E-state index is -0.254. The first-order chi connectivity index (χ1) is 12.0. The molecule has 0 bridgehead atoms. The van der Waals surface area contributed by atoms with E-state index in [2.05, 4.69) is 49.2 Å². The van der Waals surface area contributed by atoms with E-state index in [-0.39, 0.29) is 10.6 Å². The van der Waals surface area contributed by atoms with Crippen molar-refractivity contribution in [2.45, 2.75) is 32.6 Å². The lowest BCUT2D eigenvalue weighted by Crippen LogP contribution is -2.15.